The second kappa shape index (κ2) is 8.09. The van der Waals surface area contributed by atoms with Crippen molar-refractivity contribution in [2.75, 3.05) is 39.6 Å². The zero-order valence-corrected chi connectivity index (χ0v) is 11.8. The van der Waals surface area contributed by atoms with Crippen LogP contribution in [0.15, 0.2) is 18.2 Å². The molecule has 1 aliphatic heterocycles. The molecule has 0 saturated carbocycles. The molecule has 1 unspecified atom stereocenters. The summed E-state index contributed by atoms with van der Waals surface area (Å²) in [6.45, 7) is 5.18. The van der Waals surface area contributed by atoms with Gasteiger partial charge < -0.3 is 24.1 Å². The highest BCUT2D eigenvalue weighted by Gasteiger charge is 2.14. The lowest BCUT2D eigenvalue weighted by molar-refractivity contribution is 0.00524. The van der Waals surface area contributed by atoms with E-state index in [2.05, 4.69) is 0 Å². The molecular weight excluding hydrogens is 260 g/mol. The Bertz CT molecular complexity index is 407. The fraction of sp³-hybridized carbons (Fsp3) is 0.600. The molecule has 1 heterocycles. The van der Waals surface area contributed by atoms with E-state index >= 15 is 0 Å². The third-order valence-corrected chi connectivity index (χ3v) is 3.01. The summed E-state index contributed by atoms with van der Waals surface area (Å²) in [5.41, 5.74) is 0.769. The first kappa shape index (κ1) is 15.1. The van der Waals surface area contributed by atoms with E-state index in [1.165, 1.54) is 0 Å². The van der Waals surface area contributed by atoms with E-state index in [4.69, 9.17) is 18.9 Å². The van der Waals surface area contributed by atoms with E-state index in [9.17, 15) is 5.11 Å². The van der Waals surface area contributed by atoms with E-state index in [0.717, 1.165) is 17.7 Å². The molecular formula is C15H22O5. The first-order chi connectivity index (χ1) is 9.81. The number of ether oxygens (including phenoxy) is 4. The summed E-state index contributed by atoms with van der Waals surface area (Å²) in [6.07, 6.45) is 0.196. The van der Waals surface area contributed by atoms with E-state index < -0.39 is 6.10 Å². The Labute approximate surface area is 119 Å². The molecule has 0 aromatic heterocycles. The highest BCUT2D eigenvalue weighted by molar-refractivity contribution is 5.44. The molecule has 1 aromatic carbocycles. The monoisotopic (exact) mass is 282 g/mol. The molecule has 1 aliphatic rings. The molecule has 0 bridgehead atoms. The van der Waals surface area contributed by atoms with Gasteiger partial charge in [0, 0.05) is 13.0 Å². The van der Waals surface area contributed by atoms with Crippen molar-refractivity contribution in [1.29, 1.82) is 0 Å². The molecule has 0 saturated heterocycles. The van der Waals surface area contributed by atoms with E-state index in [1.807, 2.05) is 25.1 Å². The number of fused-ring (bicyclic) bond motifs is 1. The predicted molar refractivity (Wildman–Crippen MR) is 74.3 cm³/mol. The zero-order valence-electron chi connectivity index (χ0n) is 11.8. The smallest absolute Gasteiger partial charge is 0.161 e. The summed E-state index contributed by atoms with van der Waals surface area (Å²) in [4.78, 5) is 0. The van der Waals surface area contributed by atoms with Crippen LogP contribution in [0.1, 0.15) is 25.0 Å². The first-order valence-corrected chi connectivity index (χ1v) is 7.04. The Morgan fingerprint density at radius 3 is 2.70 bits per heavy atom. The van der Waals surface area contributed by atoms with Crippen LogP contribution in [0.4, 0.5) is 0 Å². The third kappa shape index (κ3) is 4.37. The van der Waals surface area contributed by atoms with Gasteiger partial charge in [-0.15, -0.1) is 0 Å². The maximum absolute atomic E-state index is 10.1. The van der Waals surface area contributed by atoms with Crippen molar-refractivity contribution < 1.29 is 24.1 Å². The van der Waals surface area contributed by atoms with Gasteiger partial charge in [0.15, 0.2) is 11.5 Å². The van der Waals surface area contributed by atoms with Gasteiger partial charge in [-0.3, -0.25) is 0 Å². The van der Waals surface area contributed by atoms with Crippen LogP contribution >= 0.6 is 0 Å². The summed E-state index contributed by atoms with van der Waals surface area (Å²) in [6, 6.07) is 5.49. The van der Waals surface area contributed by atoms with Crippen LogP contribution < -0.4 is 9.47 Å². The summed E-state index contributed by atoms with van der Waals surface area (Å²) < 4.78 is 21.7. The Hall–Kier alpha value is -1.30. The van der Waals surface area contributed by atoms with Crippen LogP contribution in [-0.4, -0.2) is 44.7 Å². The van der Waals surface area contributed by atoms with Gasteiger partial charge in [-0.1, -0.05) is 6.07 Å². The van der Waals surface area contributed by atoms with E-state index in [1.54, 1.807) is 0 Å². The van der Waals surface area contributed by atoms with Crippen LogP contribution in [-0.2, 0) is 9.47 Å². The second-order valence-electron chi connectivity index (χ2n) is 4.54. The molecule has 0 spiro atoms. The molecule has 2 rings (SSSR count). The average Bonchev–Trinajstić information content (AvgIpc) is 2.71. The predicted octanol–water partition coefficient (Wildman–Crippen LogP) is 1.93. The molecule has 0 amide bonds. The molecule has 1 N–H and O–H groups in total. The molecule has 0 radical (unpaired) electrons. The maximum Gasteiger partial charge on any atom is 0.161 e. The normalized spacial score (nSPS) is 15.7. The van der Waals surface area contributed by atoms with Crippen LogP contribution in [0.5, 0.6) is 11.5 Å². The fourth-order valence-corrected chi connectivity index (χ4v) is 1.94. The topological polar surface area (TPSA) is 57.2 Å². The second-order valence-corrected chi connectivity index (χ2v) is 4.54. The maximum atomic E-state index is 10.1. The number of hydrogen-bond donors (Lipinski definition) is 1. The third-order valence-electron chi connectivity index (χ3n) is 3.01. The molecule has 0 fully saturated rings. The summed E-state index contributed by atoms with van der Waals surface area (Å²) in [5, 5.41) is 10.1. The summed E-state index contributed by atoms with van der Waals surface area (Å²) >= 11 is 0. The molecule has 1 atom stereocenters. The van der Waals surface area contributed by atoms with Gasteiger partial charge in [0.1, 0.15) is 6.10 Å². The van der Waals surface area contributed by atoms with Gasteiger partial charge in [-0.25, -0.2) is 0 Å². The number of hydrogen-bond acceptors (Lipinski definition) is 5. The standard InChI is InChI=1S/C15H22O5/c1-2-17-8-9-18-11-13(16)12-4-5-14-15(10-12)20-7-3-6-19-14/h4-5,10,13,16H,2-3,6-9,11H2,1H3. The minimum absolute atomic E-state index is 0.243. The lowest BCUT2D eigenvalue weighted by atomic mass is 10.1. The molecule has 20 heavy (non-hydrogen) atoms. The summed E-state index contributed by atoms with van der Waals surface area (Å²) in [5.74, 6) is 1.42. The van der Waals surface area contributed by atoms with Crippen molar-refractivity contribution in [3.05, 3.63) is 23.8 Å². The van der Waals surface area contributed by atoms with Gasteiger partial charge in [0.05, 0.1) is 33.0 Å². The van der Waals surface area contributed by atoms with Crippen LogP contribution in [0, 0.1) is 0 Å². The van der Waals surface area contributed by atoms with E-state index in [-0.39, 0.29) is 6.61 Å². The Balaban J connectivity index is 1.86. The van der Waals surface area contributed by atoms with E-state index in [0.29, 0.717) is 38.8 Å². The lowest BCUT2D eigenvalue weighted by Crippen LogP contribution is -2.11. The summed E-state index contributed by atoms with van der Waals surface area (Å²) in [7, 11) is 0. The zero-order chi connectivity index (χ0) is 14.2. The highest BCUT2D eigenvalue weighted by Crippen LogP contribution is 2.32. The van der Waals surface area contributed by atoms with Crippen molar-refractivity contribution in [2.45, 2.75) is 19.4 Å². The number of aliphatic hydroxyl groups is 1. The SMILES string of the molecule is CCOCCOCC(O)c1ccc2c(c1)OCCCO2. The van der Waals surface area contributed by atoms with Gasteiger partial charge >= 0.3 is 0 Å². The molecule has 5 nitrogen and oxygen atoms in total. The number of benzene rings is 1. The minimum Gasteiger partial charge on any atom is -0.490 e. The van der Waals surface area contributed by atoms with Crippen LogP contribution in [0.3, 0.4) is 0 Å². The van der Waals surface area contributed by atoms with Crippen molar-refractivity contribution in [1.82, 2.24) is 0 Å². The Morgan fingerprint density at radius 2 is 1.90 bits per heavy atom. The van der Waals surface area contributed by atoms with Crippen LogP contribution in [0.2, 0.25) is 0 Å². The largest absolute Gasteiger partial charge is 0.490 e. The number of aliphatic hydroxyl groups excluding tert-OH is 1. The minimum atomic E-state index is -0.672. The quantitative estimate of drug-likeness (QED) is 0.774. The van der Waals surface area contributed by atoms with Crippen LogP contribution in [0.25, 0.3) is 0 Å². The first-order valence-electron chi connectivity index (χ1n) is 7.04. The fourth-order valence-electron chi connectivity index (χ4n) is 1.94. The van der Waals surface area contributed by atoms with Gasteiger partial charge in [0.25, 0.3) is 0 Å². The van der Waals surface area contributed by atoms with Gasteiger partial charge in [-0.2, -0.15) is 0 Å². The Morgan fingerprint density at radius 1 is 1.15 bits per heavy atom. The van der Waals surface area contributed by atoms with Crippen molar-refractivity contribution >= 4 is 0 Å². The number of rotatable bonds is 7. The van der Waals surface area contributed by atoms with Crippen molar-refractivity contribution in [3.63, 3.8) is 0 Å². The Kier molecular flexibility index (Phi) is 6.11. The highest BCUT2D eigenvalue weighted by atomic mass is 16.5. The van der Waals surface area contributed by atoms with Crippen molar-refractivity contribution in [3.8, 4) is 11.5 Å². The lowest BCUT2D eigenvalue weighted by Gasteiger charge is -2.14. The molecule has 112 valence electrons. The molecule has 1 aromatic rings. The average molecular weight is 282 g/mol. The van der Waals surface area contributed by atoms with Gasteiger partial charge in [-0.05, 0) is 24.6 Å². The molecule has 0 aliphatic carbocycles. The van der Waals surface area contributed by atoms with Crippen molar-refractivity contribution in [2.24, 2.45) is 0 Å². The van der Waals surface area contributed by atoms with Gasteiger partial charge in [0.2, 0.25) is 0 Å². The molecule has 5 heteroatoms.